The molecule has 1 N–H and O–H groups in total. The molecule has 2 amide bonds. The number of amides is 2. The molecule has 1 aromatic heterocycles. The molecule has 1 atom stereocenters. The van der Waals surface area contributed by atoms with Crippen LogP contribution in [0.1, 0.15) is 23.4 Å². The van der Waals surface area contributed by atoms with Gasteiger partial charge in [-0.15, -0.1) is 11.3 Å². The Morgan fingerprint density at radius 1 is 1.36 bits per heavy atom. The summed E-state index contributed by atoms with van der Waals surface area (Å²) < 4.78 is 26.3. The number of dihydropyridines is 1. The molecule has 1 fully saturated rings. The molecule has 10 heteroatoms. The molecule has 3 heterocycles. The number of sulfonamides is 1. The number of fused-ring (bicyclic) bond motifs is 1. The number of aromatic nitrogens is 1. The molecule has 25 heavy (non-hydrogen) atoms. The van der Waals surface area contributed by atoms with E-state index in [2.05, 4.69) is 15.3 Å². The summed E-state index contributed by atoms with van der Waals surface area (Å²) in [5.41, 5.74) is 0.838. The molecule has 3 aliphatic rings. The van der Waals surface area contributed by atoms with Crippen molar-refractivity contribution in [2.24, 2.45) is 10.9 Å². The maximum absolute atomic E-state index is 12.4. The first-order chi connectivity index (χ1) is 11.9. The molecule has 0 radical (unpaired) electrons. The van der Waals surface area contributed by atoms with Crippen LogP contribution in [0.2, 0.25) is 0 Å². The van der Waals surface area contributed by atoms with Crippen LogP contribution in [-0.4, -0.2) is 47.5 Å². The lowest BCUT2D eigenvalue weighted by atomic mass is 10.1. The van der Waals surface area contributed by atoms with Crippen molar-refractivity contribution in [2.45, 2.75) is 31.1 Å². The summed E-state index contributed by atoms with van der Waals surface area (Å²) in [6, 6.07) is 0. The molecule has 132 valence electrons. The maximum Gasteiger partial charge on any atom is 0.269 e. The highest BCUT2D eigenvalue weighted by Crippen LogP contribution is 2.35. The fraction of sp³-hybridized carbons (Fsp3) is 0.467. The summed E-state index contributed by atoms with van der Waals surface area (Å²) in [5.74, 6) is -1.31. The van der Waals surface area contributed by atoms with Crippen molar-refractivity contribution in [1.82, 2.24) is 9.29 Å². The SMILES string of the molecule is O=C1C=CC(C(=O)Nc2nc3c(s2)CN(S(=O)(=O)C2CC2)CC3)C=N1. The lowest BCUT2D eigenvalue weighted by Crippen LogP contribution is -2.37. The number of carbonyl (C=O) groups excluding carboxylic acids is 2. The van der Waals surface area contributed by atoms with Gasteiger partial charge in [-0.2, -0.15) is 4.31 Å². The van der Waals surface area contributed by atoms with Crippen LogP contribution in [0.3, 0.4) is 0 Å². The molecule has 2 aliphatic heterocycles. The van der Waals surface area contributed by atoms with Crippen molar-refractivity contribution in [3.8, 4) is 0 Å². The quantitative estimate of drug-likeness (QED) is 0.828. The van der Waals surface area contributed by atoms with Crippen LogP contribution in [0.15, 0.2) is 17.1 Å². The van der Waals surface area contributed by atoms with Crippen LogP contribution in [0.25, 0.3) is 0 Å². The lowest BCUT2D eigenvalue weighted by molar-refractivity contribution is -0.117. The van der Waals surface area contributed by atoms with E-state index in [9.17, 15) is 18.0 Å². The summed E-state index contributed by atoms with van der Waals surface area (Å²) in [5, 5.41) is 2.94. The minimum absolute atomic E-state index is 0.221. The Kier molecular flexibility index (Phi) is 4.05. The Labute approximate surface area is 148 Å². The average Bonchev–Trinajstić information content (AvgIpc) is 3.36. The third-order valence-corrected chi connectivity index (χ3v) is 7.69. The number of carbonyl (C=O) groups is 2. The highest BCUT2D eigenvalue weighted by Gasteiger charge is 2.41. The second-order valence-electron chi connectivity index (χ2n) is 6.21. The van der Waals surface area contributed by atoms with Gasteiger partial charge in [-0.25, -0.2) is 18.4 Å². The first-order valence-corrected chi connectivity index (χ1v) is 10.3. The van der Waals surface area contributed by atoms with E-state index >= 15 is 0 Å². The Morgan fingerprint density at radius 3 is 2.84 bits per heavy atom. The van der Waals surface area contributed by atoms with E-state index in [1.165, 1.54) is 34.0 Å². The number of aliphatic imine (C=N–C) groups is 1. The lowest BCUT2D eigenvalue weighted by Gasteiger charge is -2.25. The number of rotatable bonds is 4. The van der Waals surface area contributed by atoms with Crippen LogP contribution in [0, 0.1) is 5.92 Å². The standard InChI is InChI=1S/C15H16N4O4S2/c20-13-4-1-9(7-16-13)14(21)18-15-17-11-5-6-19(8-12(11)24-15)25(22,23)10-2-3-10/h1,4,7,9-10H,2-3,5-6,8H2,(H,17,18,21). The van der Waals surface area contributed by atoms with Crippen molar-refractivity contribution < 1.29 is 18.0 Å². The molecule has 0 bridgehead atoms. The zero-order valence-electron chi connectivity index (χ0n) is 13.2. The molecule has 1 aliphatic carbocycles. The van der Waals surface area contributed by atoms with Crippen LogP contribution in [0.5, 0.6) is 0 Å². The van der Waals surface area contributed by atoms with E-state index in [4.69, 9.17) is 0 Å². The van der Waals surface area contributed by atoms with Crippen LogP contribution >= 0.6 is 11.3 Å². The van der Waals surface area contributed by atoms with Gasteiger partial charge >= 0.3 is 0 Å². The number of nitrogens with one attached hydrogen (secondary N) is 1. The zero-order chi connectivity index (χ0) is 17.6. The molecular formula is C15H16N4O4S2. The fourth-order valence-corrected chi connectivity index (χ4v) is 5.71. The molecule has 0 spiro atoms. The summed E-state index contributed by atoms with van der Waals surface area (Å²) >= 11 is 1.30. The predicted octanol–water partition coefficient (Wildman–Crippen LogP) is 0.715. The van der Waals surface area contributed by atoms with Crippen molar-refractivity contribution in [2.75, 3.05) is 11.9 Å². The van der Waals surface area contributed by atoms with Crippen molar-refractivity contribution in [1.29, 1.82) is 0 Å². The van der Waals surface area contributed by atoms with Gasteiger partial charge in [0.1, 0.15) is 0 Å². The van der Waals surface area contributed by atoms with Gasteiger partial charge in [0, 0.05) is 36.7 Å². The topological polar surface area (TPSA) is 109 Å². The van der Waals surface area contributed by atoms with E-state index in [0.717, 1.165) is 23.4 Å². The average molecular weight is 380 g/mol. The normalized spacial score (nSPS) is 23.5. The van der Waals surface area contributed by atoms with Gasteiger partial charge in [0.15, 0.2) is 5.13 Å². The van der Waals surface area contributed by atoms with Crippen LogP contribution in [0.4, 0.5) is 5.13 Å². The van der Waals surface area contributed by atoms with Crippen LogP contribution < -0.4 is 5.32 Å². The molecule has 1 aromatic rings. The summed E-state index contributed by atoms with van der Waals surface area (Å²) in [6.07, 6.45) is 6.09. The number of thiazole rings is 1. The van der Waals surface area contributed by atoms with Crippen molar-refractivity contribution >= 4 is 44.5 Å². The number of anilines is 1. The molecular weight excluding hydrogens is 364 g/mol. The Hall–Kier alpha value is -1.91. The Morgan fingerprint density at radius 2 is 2.16 bits per heavy atom. The second kappa shape index (κ2) is 6.11. The first kappa shape index (κ1) is 16.6. The van der Waals surface area contributed by atoms with Gasteiger partial charge in [0.25, 0.3) is 5.91 Å². The number of nitrogens with zero attached hydrogens (tertiary/aromatic N) is 3. The molecule has 1 saturated carbocycles. The highest BCUT2D eigenvalue weighted by molar-refractivity contribution is 7.90. The van der Waals surface area contributed by atoms with E-state index in [1.54, 1.807) is 0 Å². The van der Waals surface area contributed by atoms with Gasteiger partial charge in [-0.1, -0.05) is 6.08 Å². The highest BCUT2D eigenvalue weighted by atomic mass is 32.2. The minimum atomic E-state index is -3.20. The van der Waals surface area contributed by atoms with Crippen LogP contribution in [-0.2, 0) is 32.6 Å². The molecule has 0 aromatic carbocycles. The second-order valence-corrected chi connectivity index (χ2v) is 9.50. The molecule has 8 nitrogen and oxygen atoms in total. The molecule has 1 unspecified atom stereocenters. The van der Waals surface area contributed by atoms with E-state index in [0.29, 0.717) is 24.6 Å². The minimum Gasteiger partial charge on any atom is -0.301 e. The van der Waals surface area contributed by atoms with E-state index in [1.807, 2.05) is 0 Å². The van der Waals surface area contributed by atoms with Gasteiger partial charge in [0.05, 0.1) is 16.9 Å². The largest absolute Gasteiger partial charge is 0.301 e. The third kappa shape index (κ3) is 3.29. The summed E-state index contributed by atoms with van der Waals surface area (Å²) in [4.78, 5) is 32.1. The molecule has 0 saturated heterocycles. The third-order valence-electron chi connectivity index (χ3n) is 4.34. The zero-order valence-corrected chi connectivity index (χ0v) is 14.8. The smallest absolute Gasteiger partial charge is 0.269 e. The van der Waals surface area contributed by atoms with E-state index < -0.39 is 15.9 Å². The maximum atomic E-state index is 12.4. The monoisotopic (exact) mass is 380 g/mol. The number of hydrogen-bond acceptors (Lipinski definition) is 6. The van der Waals surface area contributed by atoms with Gasteiger partial charge in [-0.05, 0) is 12.8 Å². The Balaban J connectivity index is 1.45. The summed E-state index contributed by atoms with van der Waals surface area (Å²) in [7, 11) is -3.20. The van der Waals surface area contributed by atoms with E-state index in [-0.39, 0.29) is 17.1 Å². The van der Waals surface area contributed by atoms with Gasteiger partial charge in [-0.3, -0.25) is 9.59 Å². The predicted molar refractivity (Wildman–Crippen MR) is 92.9 cm³/mol. The summed E-state index contributed by atoms with van der Waals surface area (Å²) in [6.45, 7) is 0.754. The van der Waals surface area contributed by atoms with Gasteiger partial charge < -0.3 is 5.32 Å². The fourth-order valence-electron chi connectivity index (χ4n) is 2.80. The Bertz CT molecular complexity index is 883. The van der Waals surface area contributed by atoms with Crippen molar-refractivity contribution in [3.63, 3.8) is 0 Å². The molecule has 4 rings (SSSR count). The number of hydrogen-bond donors (Lipinski definition) is 1. The first-order valence-electron chi connectivity index (χ1n) is 7.98. The van der Waals surface area contributed by atoms with Crippen molar-refractivity contribution in [3.05, 3.63) is 22.7 Å². The van der Waals surface area contributed by atoms with Gasteiger partial charge in [0.2, 0.25) is 15.9 Å².